The number of carbonyl (C=O) groups is 1. The van der Waals surface area contributed by atoms with Crippen LogP contribution in [0, 0.1) is 5.92 Å². The molecule has 1 aliphatic heterocycles. The van der Waals surface area contributed by atoms with Crippen molar-refractivity contribution < 1.29 is 4.79 Å². The van der Waals surface area contributed by atoms with E-state index in [1.54, 1.807) is 0 Å². The van der Waals surface area contributed by atoms with Gasteiger partial charge >= 0.3 is 0 Å². The van der Waals surface area contributed by atoms with E-state index in [-0.39, 0.29) is 41.8 Å². The van der Waals surface area contributed by atoms with Crippen LogP contribution < -0.4 is 11.1 Å². The van der Waals surface area contributed by atoms with Gasteiger partial charge in [-0.05, 0) is 48.1 Å². The number of rotatable bonds is 4. The van der Waals surface area contributed by atoms with Gasteiger partial charge in [-0.3, -0.25) is 9.79 Å². The highest BCUT2D eigenvalue weighted by Gasteiger charge is 2.38. The average molecular weight is 490 g/mol. The lowest BCUT2D eigenvalue weighted by molar-refractivity contribution is -0.127. The number of benzene rings is 2. The molecule has 0 bridgehead atoms. The zero-order valence-electron chi connectivity index (χ0n) is 16.1. The van der Waals surface area contributed by atoms with Gasteiger partial charge in [0.25, 0.3) is 0 Å². The van der Waals surface area contributed by atoms with Crippen molar-refractivity contribution in [1.29, 1.82) is 0 Å². The molecule has 1 aliphatic carbocycles. The first-order chi connectivity index (χ1) is 13.1. The number of amides is 1. The van der Waals surface area contributed by atoms with Crippen LogP contribution in [0.3, 0.4) is 0 Å². The van der Waals surface area contributed by atoms with Crippen LogP contribution in [-0.4, -0.2) is 30.4 Å². The highest BCUT2D eigenvalue weighted by atomic mass is 127. The summed E-state index contributed by atoms with van der Waals surface area (Å²) >= 11 is 0. The van der Waals surface area contributed by atoms with Crippen LogP contribution in [0.1, 0.15) is 35.6 Å². The predicted molar refractivity (Wildman–Crippen MR) is 124 cm³/mol. The molecule has 6 heteroatoms. The van der Waals surface area contributed by atoms with Crippen LogP contribution in [0.5, 0.6) is 0 Å². The first-order valence-corrected chi connectivity index (χ1v) is 9.61. The molecule has 5 nitrogen and oxygen atoms in total. The van der Waals surface area contributed by atoms with Crippen LogP contribution in [-0.2, 0) is 17.6 Å². The molecule has 28 heavy (non-hydrogen) atoms. The number of nitrogens with one attached hydrogen (secondary N) is 1. The summed E-state index contributed by atoms with van der Waals surface area (Å²) in [6, 6.07) is 16.6. The smallest absolute Gasteiger partial charge is 0.223 e. The second-order valence-electron chi connectivity index (χ2n) is 7.51. The fourth-order valence-corrected chi connectivity index (χ4v) is 4.31. The molecule has 4 rings (SSSR count). The maximum atomic E-state index is 12.2. The minimum atomic E-state index is 0. The molecule has 0 saturated carbocycles. The molecular formula is C22H27IN4O. The largest absolute Gasteiger partial charge is 0.370 e. The second-order valence-corrected chi connectivity index (χ2v) is 7.51. The van der Waals surface area contributed by atoms with E-state index >= 15 is 0 Å². The SMILES string of the molecule is CN1C(=O)CC(CN=C(N)Nc2ccc3c(c2)CCC3)C1c1ccccc1.I. The molecule has 0 radical (unpaired) electrons. The standard InChI is InChI=1S/C22H26N4O.HI/c1-26-20(27)13-18(21(26)16-6-3-2-4-7-16)14-24-22(23)25-19-11-10-15-8-5-9-17(15)12-19;/h2-4,6-7,10-12,18,21H,5,8-9,13-14H2,1H3,(H3,23,24,25);1H. The van der Waals surface area contributed by atoms with Crippen molar-refractivity contribution >= 4 is 41.5 Å². The highest BCUT2D eigenvalue weighted by molar-refractivity contribution is 14.0. The molecule has 2 aromatic rings. The van der Waals surface area contributed by atoms with E-state index in [9.17, 15) is 4.79 Å². The first-order valence-electron chi connectivity index (χ1n) is 9.61. The number of nitrogens with zero attached hydrogens (tertiary/aromatic N) is 2. The Morgan fingerprint density at radius 3 is 2.71 bits per heavy atom. The van der Waals surface area contributed by atoms with Gasteiger partial charge in [-0.2, -0.15) is 0 Å². The van der Waals surface area contributed by atoms with Gasteiger partial charge in [-0.25, -0.2) is 0 Å². The topological polar surface area (TPSA) is 70.7 Å². The third-order valence-electron chi connectivity index (χ3n) is 5.70. The van der Waals surface area contributed by atoms with Gasteiger partial charge < -0.3 is 16.0 Å². The quantitative estimate of drug-likeness (QED) is 0.390. The van der Waals surface area contributed by atoms with Gasteiger partial charge in [-0.1, -0.05) is 36.4 Å². The Morgan fingerprint density at radius 1 is 1.18 bits per heavy atom. The second kappa shape index (κ2) is 8.94. The van der Waals surface area contributed by atoms with E-state index < -0.39 is 0 Å². The van der Waals surface area contributed by atoms with Gasteiger partial charge in [0, 0.05) is 31.6 Å². The Balaban J connectivity index is 0.00000225. The third kappa shape index (κ3) is 4.32. The Hall–Kier alpha value is -2.09. The number of fused-ring (bicyclic) bond motifs is 1. The van der Waals surface area contributed by atoms with Crippen molar-refractivity contribution in [2.24, 2.45) is 16.6 Å². The average Bonchev–Trinajstić information content (AvgIpc) is 3.25. The van der Waals surface area contributed by atoms with Gasteiger partial charge in [-0.15, -0.1) is 24.0 Å². The number of carbonyl (C=O) groups excluding carboxylic acids is 1. The zero-order valence-corrected chi connectivity index (χ0v) is 18.4. The minimum absolute atomic E-state index is 0. The Bertz CT molecular complexity index is 868. The van der Waals surface area contributed by atoms with Crippen molar-refractivity contribution in [3.8, 4) is 0 Å². The maximum absolute atomic E-state index is 12.2. The van der Waals surface area contributed by atoms with Gasteiger partial charge in [0.2, 0.25) is 5.91 Å². The molecule has 1 amide bonds. The van der Waals surface area contributed by atoms with Crippen LogP contribution >= 0.6 is 24.0 Å². The number of guanidine groups is 1. The lowest BCUT2D eigenvalue weighted by Gasteiger charge is -2.24. The van der Waals surface area contributed by atoms with Gasteiger partial charge in [0.05, 0.1) is 6.04 Å². The van der Waals surface area contributed by atoms with Crippen molar-refractivity contribution in [3.63, 3.8) is 0 Å². The Labute approximate surface area is 183 Å². The summed E-state index contributed by atoms with van der Waals surface area (Å²) in [7, 11) is 1.87. The number of anilines is 1. The van der Waals surface area contributed by atoms with E-state index in [1.165, 1.54) is 24.0 Å². The van der Waals surface area contributed by atoms with E-state index in [0.717, 1.165) is 17.7 Å². The number of hydrogen-bond donors (Lipinski definition) is 2. The molecule has 1 fully saturated rings. The van der Waals surface area contributed by atoms with E-state index in [0.29, 0.717) is 18.9 Å². The van der Waals surface area contributed by atoms with Crippen LogP contribution in [0.4, 0.5) is 5.69 Å². The van der Waals surface area contributed by atoms with Crippen LogP contribution in [0.15, 0.2) is 53.5 Å². The van der Waals surface area contributed by atoms with Crippen LogP contribution in [0.2, 0.25) is 0 Å². The number of nitrogens with two attached hydrogens (primary N) is 1. The third-order valence-corrected chi connectivity index (χ3v) is 5.70. The van der Waals surface area contributed by atoms with E-state index in [4.69, 9.17) is 5.73 Å². The van der Waals surface area contributed by atoms with E-state index in [1.807, 2.05) is 30.1 Å². The molecule has 2 aromatic carbocycles. The molecule has 3 N–H and O–H groups in total. The molecule has 0 aromatic heterocycles. The molecule has 2 unspecified atom stereocenters. The van der Waals surface area contributed by atoms with Crippen molar-refractivity contribution in [3.05, 3.63) is 65.2 Å². The molecule has 148 valence electrons. The lowest BCUT2D eigenvalue weighted by atomic mass is 9.94. The summed E-state index contributed by atoms with van der Waals surface area (Å²) in [5.74, 6) is 0.696. The normalized spacial score (nSPS) is 21.4. The fourth-order valence-electron chi connectivity index (χ4n) is 4.31. The monoisotopic (exact) mass is 490 g/mol. The lowest BCUT2D eigenvalue weighted by Crippen LogP contribution is -2.27. The summed E-state index contributed by atoms with van der Waals surface area (Å²) in [6.45, 7) is 0.527. The van der Waals surface area contributed by atoms with Gasteiger partial charge in [0.15, 0.2) is 5.96 Å². The van der Waals surface area contributed by atoms with Crippen molar-refractivity contribution in [2.45, 2.75) is 31.7 Å². The number of aliphatic imine (C=N–C) groups is 1. The van der Waals surface area contributed by atoms with Crippen molar-refractivity contribution in [1.82, 2.24) is 4.90 Å². The molecule has 0 spiro atoms. The predicted octanol–water partition coefficient (Wildman–Crippen LogP) is 3.74. The van der Waals surface area contributed by atoms with Crippen molar-refractivity contribution in [2.75, 3.05) is 18.9 Å². The summed E-state index contributed by atoms with van der Waals surface area (Å²) in [5.41, 5.74) is 11.1. The first kappa shape index (κ1) is 20.6. The molecular weight excluding hydrogens is 463 g/mol. The summed E-state index contributed by atoms with van der Waals surface area (Å²) in [4.78, 5) is 18.6. The Morgan fingerprint density at radius 2 is 1.93 bits per heavy atom. The fraction of sp³-hybridized carbons (Fsp3) is 0.364. The number of likely N-dealkylation sites (tertiary alicyclic amines) is 1. The summed E-state index contributed by atoms with van der Waals surface area (Å²) in [6.07, 6.45) is 4.04. The number of aryl methyl sites for hydroxylation is 2. The number of halogens is 1. The van der Waals surface area contributed by atoms with Gasteiger partial charge in [0.1, 0.15) is 0 Å². The molecule has 2 atom stereocenters. The molecule has 1 heterocycles. The molecule has 1 saturated heterocycles. The summed E-state index contributed by atoms with van der Waals surface area (Å²) < 4.78 is 0. The molecule has 2 aliphatic rings. The van der Waals surface area contributed by atoms with E-state index in [2.05, 4.69) is 40.6 Å². The minimum Gasteiger partial charge on any atom is -0.370 e. The summed E-state index contributed by atoms with van der Waals surface area (Å²) in [5, 5.41) is 3.20. The number of hydrogen-bond acceptors (Lipinski definition) is 2. The Kier molecular flexibility index (Phi) is 6.59. The zero-order chi connectivity index (χ0) is 18.8. The maximum Gasteiger partial charge on any atom is 0.223 e. The highest BCUT2D eigenvalue weighted by Crippen LogP contribution is 2.37. The van der Waals surface area contributed by atoms with Crippen LogP contribution in [0.25, 0.3) is 0 Å².